The van der Waals surface area contributed by atoms with Crippen LogP contribution >= 0.6 is 11.6 Å². The smallest absolute Gasteiger partial charge is 0.264 e. The van der Waals surface area contributed by atoms with Gasteiger partial charge in [0.2, 0.25) is 0 Å². The Morgan fingerprint density at radius 1 is 0.966 bits per heavy atom. The van der Waals surface area contributed by atoms with Gasteiger partial charge < -0.3 is 5.32 Å². The van der Waals surface area contributed by atoms with Crippen LogP contribution in [-0.2, 0) is 16.6 Å². The molecule has 0 unspecified atom stereocenters. The van der Waals surface area contributed by atoms with Crippen molar-refractivity contribution in [1.29, 1.82) is 0 Å². The number of hydrogen-bond acceptors (Lipinski definition) is 3. The normalized spacial score (nSPS) is 11.1. The number of sulfonamides is 1. The summed E-state index contributed by atoms with van der Waals surface area (Å²) in [6.07, 6.45) is 0. The molecule has 3 rings (SSSR count). The summed E-state index contributed by atoms with van der Waals surface area (Å²) in [6.45, 7) is 2.33. The number of nitrogens with zero attached hydrogens (tertiary/aromatic N) is 1. The quantitative estimate of drug-likeness (QED) is 0.603. The van der Waals surface area contributed by atoms with E-state index in [-0.39, 0.29) is 22.0 Å². The van der Waals surface area contributed by atoms with Gasteiger partial charge in [-0.15, -0.1) is 0 Å². The maximum absolute atomic E-state index is 13.2. The first-order chi connectivity index (χ1) is 13.9. The predicted octanol–water partition coefficient (Wildman–Crippen LogP) is 4.49. The van der Waals surface area contributed by atoms with E-state index in [1.54, 1.807) is 31.2 Å². The predicted molar refractivity (Wildman–Crippen MR) is 116 cm³/mol. The molecule has 0 aromatic heterocycles. The highest BCUT2D eigenvalue weighted by molar-refractivity contribution is 7.92. The van der Waals surface area contributed by atoms with Crippen molar-refractivity contribution in [2.75, 3.05) is 10.8 Å². The van der Waals surface area contributed by atoms with E-state index in [9.17, 15) is 13.2 Å². The van der Waals surface area contributed by atoms with Crippen LogP contribution in [0.2, 0.25) is 5.02 Å². The first kappa shape index (κ1) is 20.9. The fourth-order valence-corrected chi connectivity index (χ4v) is 4.63. The molecular formula is C22H21ClN2O3S. The molecule has 1 N–H and O–H groups in total. The number of hydrogen-bond donors (Lipinski definition) is 1. The number of para-hydroxylation sites is 1. The number of halogens is 1. The number of nitrogens with one attached hydrogen (secondary N) is 1. The minimum atomic E-state index is -3.85. The van der Waals surface area contributed by atoms with Crippen LogP contribution in [-0.4, -0.2) is 20.9 Å². The van der Waals surface area contributed by atoms with Crippen LogP contribution in [0.3, 0.4) is 0 Å². The van der Waals surface area contributed by atoms with Gasteiger partial charge >= 0.3 is 0 Å². The summed E-state index contributed by atoms with van der Waals surface area (Å²) in [7, 11) is -3.85. The van der Waals surface area contributed by atoms with Gasteiger partial charge in [0.15, 0.2) is 0 Å². The van der Waals surface area contributed by atoms with E-state index in [2.05, 4.69) is 5.32 Å². The Hall–Kier alpha value is -2.83. The van der Waals surface area contributed by atoms with Crippen molar-refractivity contribution in [1.82, 2.24) is 5.32 Å². The maximum atomic E-state index is 13.2. The monoisotopic (exact) mass is 428 g/mol. The molecule has 7 heteroatoms. The Morgan fingerprint density at radius 2 is 1.59 bits per heavy atom. The second-order valence-corrected chi connectivity index (χ2v) is 8.58. The van der Waals surface area contributed by atoms with E-state index < -0.39 is 15.9 Å². The van der Waals surface area contributed by atoms with Crippen LogP contribution in [0.4, 0.5) is 5.69 Å². The molecule has 0 atom stereocenters. The fourth-order valence-electron chi connectivity index (χ4n) is 2.93. The number of carbonyl (C=O) groups is 1. The number of amides is 1. The van der Waals surface area contributed by atoms with E-state index in [4.69, 9.17) is 11.6 Å². The molecule has 3 aromatic carbocycles. The zero-order valence-corrected chi connectivity index (χ0v) is 17.5. The first-order valence-electron chi connectivity index (χ1n) is 9.13. The Bertz CT molecular complexity index is 1090. The Balaban J connectivity index is 1.88. The zero-order valence-electron chi connectivity index (χ0n) is 15.9. The molecular weight excluding hydrogens is 408 g/mol. The molecule has 0 heterocycles. The molecule has 0 spiro atoms. The van der Waals surface area contributed by atoms with Gasteiger partial charge in [0.1, 0.15) is 0 Å². The first-order valence-corrected chi connectivity index (χ1v) is 10.9. The van der Waals surface area contributed by atoms with Crippen molar-refractivity contribution in [2.45, 2.75) is 18.4 Å². The number of rotatable bonds is 7. The molecule has 0 radical (unpaired) electrons. The standard InChI is InChI=1S/C22H21ClN2O3S/c1-2-25(18-11-7-4-8-12-18)29(27,28)19-13-14-21(23)20(15-19)22(26)24-16-17-9-5-3-6-10-17/h3-15H,2,16H2,1H3,(H,24,26). The molecule has 0 aliphatic rings. The van der Waals surface area contributed by atoms with E-state index in [1.165, 1.54) is 22.5 Å². The fraction of sp³-hybridized carbons (Fsp3) is 0.136. The highest BCUT2D eigenvalue weighted by Gasteiger charge is 2.25. The van der Waals surface area contributed by atoms with Gasteiger partial charge in [0, 0.05) is 13.1 Å². The third-order valence-corrected chi connectivity index (χ3v) is 6.63. The van der Waals surface area contributed by atoms with Crippen LogP contribution in [0.1, 0.15) is 22.8 Å². The van der Waals surface area contributed by atoms with Gasteiger partial charge in [-0.1, -0.05) is 60.1 Å². The molecule has 3 aromatic rings. The summed E-state index contributed by atoms with van der Waals surface area (Å²) in [4.78, 5) is 12.6. The van der Waals surface area contributed by atoms with Crippen molar-refractivity contribution in [3.8, 4) is 0 Å². The molecule has 0 bridgehead atoms. The molecule has 0 fully saturated rings. The van der Waals surface area contributed by atoms with Crippen molar-refractivity contribution >= 4 is 33.2 Å². The molecule has 29 heavy (non-hydrogen) atoms. The van der Waals surface area contributed by atoms with Gasteiger partial charge in [-0.3, -0.25) is 9.10 Å². The van der Waals surface area contributed by atoms with Crippen molar-refractivity contribution in [2.24, 2.45) is 0 Å². The second-order valence-electron chi connectivity index (χ2n) is 6.32. The van der Waals surface area contributed by atoms with Crippen molar-refractivity contribution in [3.63, 3.8) is 0 Å². The summed E-state index contributed by atoms with van der Waals surface area (Å²) in [5.74, 6) is -0.432. The van der Waals surface area contributed by atoms with Crippen LogP contribution in [0.5, 0.6) is 0 Å². The molecule has 0 saturated heterocycles. The lowest BCUT2D eigenvalue weighted by atomic mass is 10.2. The highest BCUT2D eigenvalue weighted by atomic mass is 35.5. The van der Waals surface area contributed by atoms with Gasteiger partial charge in [0.05, 0.1) is 21.2 Å². The lowest BCUT2D eigenvalue weighted by Gasteiger charge is -2.23. The molecule has 5 nitrogen and oxygen atoms in total. The number of benzene rings is 3. The van der Waals surface area contributed by atoms with E-state index >= 15 is 0 Å². The Labute approximate surface area is 176 Å². The van der Waals surface area contributed by atoms with Gasteiger partial charge in [-0.05, 0) is 42.8 Å². The summed E-state index contributed by atoms with van der Waals surface area (Å²) in [6, 6.07) is 22.4. The van der Waals surface area contributed by atoms with Crippen LogP contribution in [0.25, 0.3) is 0 Å². The lowest BCUT2D eigenvalue weighted by molar-refractivity contribution is 0.0951. The summed E-state index contributed by atoms with van der Waals surface area (Å²) in [5.41, 5.74) is 1.61. The van der Waals surface area contributed by atoms with Crippen molar-refractivity contribution in [3.05, 3.63) is 95.0 Å². The zero-order chi connectivity index (χ0) is 20.9. The van der Waals surface area contributed by atoms with Crippen LogP contribution < -0.4 is 9.62 Å². The molecule has 0 aliphatic heterocycles. The number of anilines is 1. The topological polar surface area (TPSA) is 66.5 Å². The Kier molecular flexibility index (Phi) is 6.56. The molecule has 150 valence electrons. The summed E-state index contributed by atoms with van der Waals surface area (Å²) < 4.78 is 27.7. The molecule has 0 saturated carbocycles. The lowest BCUT2D eigenvalue weighted by Crippen LogP contribution is -2.31. The Morgan fingerprint density at radius 3 is 2.21 bits per heavy atom. The average Bonchev–Trinajstić information content (AvgIpc) is 2.74. The van der Waals surface area contributed by atoms with E-state index in [0.717, 1.165) is 5.56 Å². The SMILES string of the molecule is CCN(c1ccccc1)S(=O)(=O)c1ccc(Cl)c(C(=O)NCc2ccccc2)c1. The minimum absolute atomic E-state index is 0.0115. The molecule has 1 amide bonds. The third-order valence-electron chi connectivity index (χ3n) is 4.40. The van der Waals surface area contributed by atoms with Crippen LogP contribution in [0, 0.1) is 0 Å². The average molecular weight is 429 g/mol. The maximum Gasteiger partial charge on any atom is 0.264 e. The number of carbonyl (C=O) groups excluding carboxylic acids is 1. The third kappa shape index (κ3) is 4.78. The van der Waals surface area contributed by atoms with E-state index in [0.29, 0.717) is 12.2 Å². The van der Waals surface area contributed by atoms with Crippen LogP contribution in [0.15, 0.2) is 83.8 Å². The van der Waals surface area contributed by atoms with Crippen molar-refractivity contribution < 1.29 is 13.2 Å². The van der Waals surface area contributed by atoms with E-state index in [1.807, 2.05) is 36.4 Å². The largest absolute Gasteiger partial charge is 0.348 e. The summed E-state index contributed by atoms with van der Waals surface area (Å²) in [5, 5.41) is 2.97. The van der Waals surface area contributed by atoms with Gasteiger partial charge in [0.25, 0.3) is 15.9 Å². The minimum Gasteiger partial charge on any atom is -0.348 e. The van der Waals surface area contributed by atoms with Gasteiger partial charge in [-0.2, -0.15) is 0 Å². The van der Waals surface area contributed by atoms with Gasteiger partial charge in [-0.25, -0.2) is 8.42 Å². The summed E-state index contributed by atoms with van der Waals surface area (Å²) >= 11 is 6.18. The molecule has 0 aliphatic carbocycles. The highest BCUT2D eigenvalue weighted by Crippen LogP contribution is 2.26. The second kappa shape index (κ2) is 9.11.